The van der Waals surface area contributed by atoms with Gasteiger partial charge in [0.25, 0.3) is 0 Å². The van der Waals surface area contributed by atoms with Crippen LogP contribution < -0.4 is 0 Å². The van der Waals surface area contributed by atoms with Crippen LogP contribution in [0, 0.1) is 50.2 Å². The van der Waals surface area contributed by atoms with E-state index in [9.17, 15) is 15.3 Å². The molecule has 212 valence electrons. The van der Waals surface area contributed by atoms with Crippen LogP contribution in [0.25, 0.3) is 0 Å². The first-order valence-corrected chi connectivity index (χ1v) is 15.4. The van der Waals surface area contributed by atoms with Gasteiger partial charge in [-0.1, -0.05) is 60.1 Å². The summed E-state index contributed by atoms with van der Waals surface area (Å²) in [5.41, 5.74) is 2.18. The average molecular weight is 517 g/mol. The third-order valence-electron chi connectivity index (χ3n) is 13.7. The molecule has 0 saturated heterocycles. The number of fused-ring (bicyclic) bond motifs is 7. The molecule has 4 nitrogen and oxygen atoms in total. The van der Waals surface area contributed by atoms with Gasteiger partial charge < -0.3 is 20.1 Å². The molecule has 5 rings (SSSR count). The van der Waals surface area contributed by atoms with Crippen molar-refractivity contribution in [3.63, 3.8) is 0 Å². The van der Waals surface area contributed by atoms with Crippen molar-refractivity contribution in [3.8, 4) is 0 Å². The van der Waals surface area contributed by atoms with Gasteiger partial charge in [0.2, 0.25) is 0 Å². The second-order valence-corrected chi connectivity index (χ2v) is 16.3. The molecule has 4 fully saturated rings. The molecule has 0 heterocycles. The molecule has 11 atom stereocenters. The molecule has 37 heavy (non-hydrogen) atoms. The second kappa shape index (κ2) is 8.79. The first kappa shape index (κ1) is 28.1. The van der Waals surface area contributed by atoms with Crippen molar-refractivity contribution in [2.45, 2.75) is 131 Å². The van der Waals surface area contributed by atoms with Crippen molar-refractivity contribution in [1.29, 1.82) is 0 Å². The predicted molar refractivity (Wildman–Crippen MR) is 149 cm³/mol. The molecule has 5 aliphatic rings. The van der Waals surface area contributed by atoms with Gasteiger partial charge in [-0.25, -0.2) is 0 Å². The average Bonchev–Trinajstić information content (AvgIpc) is 2.81. The SMILES string of the molecule is CC(O)CO[C@@H]1CC(C)(C)C[C@H]2C3=CC[C@@H]4[C@@]5(C)CC[C@H](O)[C@](C)(CO)[C@@H]5CC[C@@]4(C)[C@]3(C)CC[C@@]12C. The Balaban J connectivity index is 1.54. The van der Waals surface area contributed by atoms with Gasteiger partial charge in [-0.3, -0.25) is 0 Å². The monoisotopic (exact) mass is 516 g/mol. The zero-order valence-electron chi connectivity index (χ0n) is 25.1. The lowest BCUT2D eigenvalue weighted by Crippen LogP contribution is -2.66. The fourth-order valence-corrected chi connectivity index (χ4v) is 11.2. The lowest BCUT2D eigenvalue weighted by molar-refractivity contribution is -0.220. The summed E-state index contributed by atoms with van der Waals surface area (Å²) in [6, 6.07) is 0. The minimum absolute atomic E-state index is 0.0829. The van der Waals surface area contributed by atoms with Crippen LogP contribution in [0.5, 0.6) is 0 Å². The van der Waals surface area contributed by atoms with E-state index in [0.29, 0.717) is 24.4 Å². The van der Waals surface area contributed by atoms with E-state index in [0.717, 1.165) is 32.1 Å². The molecule has 0 aromatic carbocycles. The Hall–Kier alpha value is -0.420. The van der Waals surface area contributed by atoms with E-state index in [1.54, 1.807) is 5.57 Å². The summed E-state index contributed by atoms with van der Waals surface area (Å²) in [6.07, 6.45) is 12.0. The topological polar surface area (TPSA) is 69.9 Å². The van der Waals surface area contributed by atoms with Crippen molar-refractivity contribution in [2.24, 2.45) is 50.2 Å². The van der Waals surface area contributed by atoms with Gasteiger partial charge in [0.05, 0.1) is 31.5 Å². The first-order valence-electron chi connectivity index (χ1n) is 15.4. The second-order valence-electron chi connectivity index (χ2n) is 16.3. The Morgan fingerprint density at radius 3 is 2.27 bits per heavy atom. The molecular formula is C33H56O4. The number of ether oxygens (including phenoxy) is 1. The minimum Gasteiger partial charge on any atom is -0.396 e. The van der Waals surface area contributed by atoms with E-state index in [1.165, 1.54) is 25.7 Å². The van der Waals surface area contributed by atoms with Crippen LogP contribution in [-0.4, -0.2) is 46.8 Å². The summed E-state index contributed by atoms with van der Waals surface area (Å²) >= 11 is 0. The molecule has 1 unspecified atom stereocenters. The number of aliphatic hydroxyl groups excluding tert-OH is 3. The van der Waals surface area contributed by atoms with E-state index >= 15 is 0 Å². The van der Waals surface area contributed by atoms with Crippen LogP contribution in [0.2, 0.25) is 0 Å². The quantitative estimate of drug-likeness (QED) is 0.372. The third-order valence-corrected chi connectivity index (χ3v) is 13.7. The number of aliphatic hydroxyl groups is 3. The largest absolute Gasteiger partial charge is 0.396 e. The molecule has 4 heteroatoms. The van der Waals surface area contributed by atoms with Gasteiger partial charge in [0.15, 0.2) is 0 Å². The number of rotatable bonds is 4. The normalized spacial score (nSPS) is 53.7. The third kappa shape index (κ3) is 3.81. The Morgan fingerprint density at radius 1 is 0.919 bits per heavy atom. The van der Waals surface area contributed by atoms with Gasteiger partial charge in [-0.2, -0.15) is 0 Å². The van der Waals surface area contributed by atoms with E-state index in [-0.39, 0.29) is 39.8 Å². The van der Waals surface area contributed by atoms with Crippen LogP contribution in [-0.2, 0) is 4.74 Å². The highest BCUT2D eigenvalue weighted by molar-refractivity contribution is 5.34. The fourth-order valence-electron chi connectivity index (χ4n) is 11.2. The Kier molecular flexibility index (Phi) is 6.68. The number of allylic oxidation sites excluding steroid dienone is 2. The number of hydrogen-bond donors (Lipinski definition) is 3. The maximum atomic E-state index is 11.0. The maximum absolute atomic E-state index is 11.0. The highest BCUT2D eigenvalue weighted by Gasteiger charge is 2.69. The van der Waals surface area contributed by atoms with Crippen molar-refractivity contribution in [2.75, 3.05) is 13.2 Å². The van der Waals surface area contributed by atoms with E-state index < -0.39 is 17.6 Å². The van der Waals surface area contributed by atoms with E-state index in [1.807, 2.05) is 6.92 Å². The van der Waals surface area contributed by atoms with Gasteiger partial charge in [0, 0.05) is 10.8 Å². The molecule has 5 aliphatic carbocycles. The summed E-state index contributed by atoms with van der Waals surface area (Å²) < 4.78 is 6.50. The molecule has 0 amide bonds. The summed E-state index contributed by atoms with van der Waals surface area (Å²) in [6.45, 7) is 19.5. The molecule has 0 spiro atoms. The van der Waals surface area contributed by atoms with E-state index in [4.69, 9.17) is 4.74 Å². The van der Waals surface area contributed by atoms with Crippen molar-refractivity contribution >= 4 is 0 Å². The summed E-state index contributed by atoms with van der Waals surface area (Å²) in [5, 5.41) is 31.5. The lowest BCUT2D eigenvalue weighted by Gasteiger charge is -2.71. The molecule has 0 radical (unpaired) electrons. The van der Waals surface area contributed by atoms with Crippen molar-refractivity contribution in [1.82, 2.24) is 0 Å². The Bertz CT molecular complexity index is 925. The Morgan fingerprint density at radius 2 is 1.62 bits per heavy atom. The summed E-state index contributed by atoms with van der Waals surface area (Å²) in [7, 11) is 0. The van der Waals surface area contributed by atoms with Crippen LogP contribution in [0.15, 0.2) is 11.6 Å². The highest BCUT2D eigenvalue weighted by Crippen LogP contribution is 2.75. The highest BCUT2D eigenvalue weighted by atomic mass is 16.5. The van der Waals surface area contributed by atoms with Gasteiger partial charge >= 0.3 is 0 Å². The van der Waals surface area contributed by atoms with Crippen LogP contribution in [0.3, 0.4) is 0 Å². The van der Waals surface area contributed by atoms with Gasteiger partial charge in [-0.15, -0.1) is 0 Å². The molecule has 0 bridgehead atoms. The molecular weight excluding hydrogens is 460 g/mol. The van der Waals surface area contributed by atoms with Gasteiger partial charge in [0.1, 0.15) is 0 Å². The maximum Gasteiger partial charge on any atom is 0.0745 e. The Labute approximate surface area is 226 Å². The molecule has 0 aliphatic heterocycles. The van der Waals surface area contributed by atoms with Gasteiger partial charge in [-0.05, 0) is 104 Å². The smallest absolute Gasteiger partial charge is 0.0745 e. The van der Waals surface area contributed by atoms with Crippen molar-refractivity contribution < 1.29 is 20.1 Å². The molecule has 3 N–H and O–H groups in total. The summed E-state index contributed by atoms with van der Waals surface area (Å²) in [4.78, 5) is 0. The standard InChI is InChI=1S/C33H56O4/c1-21(35)19-37-27-18-28(2,3)17-23-22-9-10-25-30(5)13-12-26(36)31(6,20-34)24(30)11-14-33(25,8)32(22,7)16-15-29(23,27)4/h9,21,23-27,34-36H,10-20H2,1-8H3/t21?,23-,24+,25+,26-,27+,29+,30-,31+,32+,33+/m0/s1. The predicted octanol–water partition coefficient (Wildman–Crippen LogP) is 6.52. The van der Waals surface area contributed by atoms with Crippen LogP contribution in [0.1, 0.15) is 113 Å². The van der Waals surface area contributed by atoms with Crippen LogP contribution >= 0.6 is 0 Å². The first-order chi connectivity index (χ1) is 17.1. The lowest BCUT2D eigenvalue weighted by atomic mass is 9.33. The molecule has 0 aromatic rings. The zero-order valence-corrected chi connectivity index (χ0v) is 25.1. The minimum atomic E-state index is -0.427. The van der Waals surface area contributed by atoms with Crippen molar-refractivity contribution in [3.05, 3.63) is 11.6 Å². The molecule has 4 saturated carbocycles. The zero-order chi connectivity index (χ0) is 27.2. The fraction of sp³-hybridized carbons (Fsp3) is 0.939. The number of hydrogen-bond acceptors (Lipinski definition) is 4. The van der Waals surface area contributed by atoms with E-state index in [2.05, 4.69) is 54.5 Å². The summed E-state index contributed by atoms with van der Waals surface area (Å²) in [5.74, 6) is 1.47. The molecule has 0 aromatic heterocycles. The van der Waals surface area contributed by atoms with Crippen LogP contribution in [0.4, 0.5) is 0 Å².